The summed E-state index contributed by atoms with van der Waals surface area (Å²) in [6, 6.07) is 2.22. The topological polar surface area (TPSA) is 32.3 Å². The van der Waals surface area contributed by atoms with E-state index in [1.165, 1.54) is 45.1 Å². The maximum atomic E-state index is 4.56. The molecule has 4 heteroatoms. The summed E-state index contributed by atoms with van der Waals surface area (Å²) in [5, 5.41) is 0. The standard InChI is InChI=1S/C17H26N4/c1-14-4-2-8-20(11-14)15-10-16(19-13-18-15)21-9-3-5-17(12-21)6-7-17/h10,13-14H,2-9,11-12H2,1H3. The molecule has 21 heavy (non-hydrogen) atoms. The Balaban J connectivity index is 1.52. The van der Waals surface area contributed by atoms with Crippen LogP contribution < -0.4 is 9.80 Å². The van der Waals surface area contributed by atoms with Gasteiger partial charge in [-0.25, -0.2) is 9.97 Å². The fourth-order valence-corrected chi connectivity index (χ4v) is 4.07. The van der Waals surface area contributed by atoms with Gasteiger partial charge in [0.25, 0.3) is 0 Å². The van der Waals surface area contributed by atoms with E-state index in [9.17, 15) is 0 Å². The Morgan fingerprint density at radius 2 is 1.81 bits per heavy atom. The molecule has 2 saturated heterocycles. The summed E-state index contributed by atoms with van der Waals surface area (Å²) in [5.41, 5.74) is 0.642. The van der Waals surface area contributed by atoms with Crippen LogP contribution in [0.2, 0.25) is 0 Å². The Morgan fingerprint density at radius 1 is 1.05 bits per heavy atom. The van der Waals surface area contributed by atoms with Crippen molar-refractivity contribution in [3.63, 3.8) is 0 Å². The van der Waals surface area contributed by atoms with Gasteiger partial charge < -0.3 is 9.80 Å². The summed E-state index contributed by atoms with van der Waals surface area (Å²) in [6.45, 7) is 7.00. The molecule has 1 spiro atoms. The van der Waals surface area contributed by atoms with Crippen LogP contribution in [0, 0.1) is 11.3 Å². The van der Waals surface area contributed by atoms with Crippen LogP contribution in [0.5, 0.6) is 0 Å². The monoisotopic (exact) mass is 286 g/mol. The molecular weight excluding hydrogens is 260 g/mol. The molecule has 1 saturated carbocycles. The number of piperidine rings is 2. The van der Waals surface area contributed by atoms with Crippen LogP contribution in [0.3, 0.4) is 0 Å². The van der Waals surface area contributed by atoms with Crippen LogP contribution in [0.4, 0.5) is 11.6 Å². The maximum Gasteiger partial charge on any atom is 0.134 e. The Labute approximate surface area is 127 Å². The van der Waals surface area contributed by atoms with E-state index < -0.39 is 0 Å². The van der Waals surface area contributed by atoms with Crippen LogP contribution in [0.1, 0.15) is 45.4 Å². The molecule has 1 unspecified atom stereocenters. The van der Waals surface area contributed by atoms with E-state index in [-0.39, 0.29) is 0 Å². The van der Waals surface area contributed by atoms with Crippen molar-refractivity contribution in [3.05, 3.63) is 12.4 Å². The number of rotatable bonds is 2. The molecule has 3 heterocycles. The molecule has 0 N–H and O–H groups in total. The van der Waals surface area contributed by atoms with E-state index in [1.54, 1.807) is 6.33 Å². The lowest BCUT2D eigenvalue weighted by atomic mass is 9.95. The molecule has 3 fully saturated rings. The molecule has 0 bridgehead atoms. The highest BCUT2D eigenvalue weighted by molar-refractivity contribution is 5.51. The van der Waals surface area contributed by atoms with Gasteiger partial charge in [-0.1, -0.05) is 6.92 Å². The molecular formula is C17H26N4. The van der Waals surface area contributed by atoms with E-state index in [1.807, 2.05) is 0 Å². The molecule has 0 radical (unpaired) electrons. The fraction of sp³-hybridized carbons (Fsp3) is 0.765. The molecule has 114 valence electrons. The smallest absolute Gasteiger partial charge is 0.134 e. The van der Waals surface area contributed by atoms with Crippen LogP contribution >= 0.6 is 0 Å². The third-order valence-corrected chi connectivity index (χ3v) is 5.56. The quantitative estimate of drug-likeness (QED) is 0.836. The molecule has 0 amide bonds. The average Bonchev–Trinajstić information content (AvgIpc) is 3.26. The maximum absolute atomic E-state index is 4.56. The highest BCUT2D eigenvalue weighted by Gasteiger charge is 2.45. The van der Waals surface area contributed by atoms with Gasteiger partial charge in [0.2, 0.25) is 0 Å². The molecule has 1 aromatic rings. The van der Waals surface area contributed by atoms with Gasteiger partial charge in [0.15, 0.2) is 0 Å². The molecule has 1 aromatic heterocycles. The van der Waals surface area contributed by atoms with Crippen molar-refractivity contribution in [1.29, 1.82) is 0 Å². The zero-order chi connectivity index (χ0) is 14.3. The average molecular weight is 286 g/mol. The second-order valence-electron chi connectivity index (χ2n) is 7.45. The van der Waals surface area contributed by atoms with Gasteiger partial charge >= 0.3 is 0 Å². The summed E-state index contributed by atoms with van der Waals surface area (Å²) in [5.74, 6) is 3.05. The Morgan fingerprint density at radius 3 is 2.57 bits per heavy atom. The lowest BCUT2D eigenvalue weighted by Crippen LogP contribution is -2.38. The molecule has 0 aromatic carbocycles. The normalized spacial score (nSPS) is 28.0. The van der Waals surface area contributed by atoms with Crippen molar-refractivity contribution in [2.24, 2.45) is 11.3 Å². The number of aromatic nitrogens is 2. The van der Waals surface area contributed by atoms with E-state index >= 15 is 0 Å². The molecule has 1 atom stereocenters. The Hall–Kier alpha value is -1.32. The van der Waals surface area contributed by atoms with Gasteiger partial charge in [-0.3, -0.25) is 0 Å². The SMILES string of the molecule is CC1CCCN(c2cc(N3CCCC4(CC4)C3)ncn2)C1. The second kappa shape index (κ2) is 5.15. The van der Waals surface area contributed by atoms with E-state index in [0.717, 1.165) is 37.2 Å². The largest absolute Gasteiger partial charge is 0.356 e. The number of hydrogen-bond acceptors (Lipinski definition) is 4. The van der Waals surface area contributed by atoms with Crippen molar-refractivity contribution in [2.45, 2.75) is 45.4 Å². The zero-order valence-corrected chi connectivity index (χ0v) is 13.1. The van der Waals surface area contributed by atoms with Crippen molar-refractivity contribution >= 4 is 11.6 Å². The first-order chi connectivity index (χ1) is 10.2. The number of nitrogens with zero attached hydrogens (tertiary/aromatic N) is 4. The van der Waals surface area contributed by atoms with Gasteiger partial charge in [-0.2, -0.15) is 0 Å². The first kappa shape index (κ1) is 13.4. The first-order valence-corrected chi connectivity index (χ1v) is 8.56. The van der Waals surface area contributed by atoms with Crippen LogP contribution in [0.15, 0.2) is 12.4 Å². The predicted octanol–water partition coefficient (Wildman–Crippen LogP) is 3.09. The minimum Gasteiger partial charge on any atom is -0.356 e. The molecule has 4 rings (SSSR count). The molecule has 1 aliphatic carbocycles. The van der Waals surface area contributed by atoms with Crippen molar-refractivity contribution in [3.8, 4) is 0 Å². The molecule has 2 aliphatic heterocycles. The lowest BCUT2D eigenvalue weighted by molar-refractivity contribution is 0.393. The third-order valence-electron chi connectivity index (χ3n) is 5.56. The van der Waals surface area contributed by atoms with E-state index in [2.05, 4.69) is 32.8 Å². The van der Waals surface area contributed by atoms with Crippen molar-refractivity contribution < 1.29 is 0 Å². The van der Waals surface area contributed by atoms with Gasteiger partial charge in [-0.15, -0.1) is 0 Å². The van der Waals surface area contributed by atoms with Crippen LogP contribution in [-0.4, -0.2) is 36.1 Å². The van der Waals surface area contributed by atoms with E-state index in [4.69, 9.17) is 0 Å². The summed E-state index contributed by atoms with van der Waals surface area (Å²) in [7, 11) is 0. The number of hydrogen-bond donors (Lipinski definition) is 0. The summed E-state index contributed by atoms with van der Waals surface area (Å²) < 4.78 is 0. The van der Waals surface area contributed by atoms with Crippen LogP contribution in [-0.2, 0) is 0 Å². The second-order valence-corrected chi connectivity index (χ2v) is 7.45. The summed E-state index contributed by atoms with van der Waals surface area (Å²) >= 11 is 0. The number of anilines is 2. The van der Waals surface area contributed by atoms with Gasteiger partial charge in [0, 0.05) is 32.2 Å². The molecule has 3 aliphatic rings. The highest BCUT2D eigenvalue weighted by Crippen LogP contribution is 2.52. The highest BCUT2D eigenvalue weighted by atomic mass is 15.2. The fourth-order valence-electron chi connectivity index (χ4n) is 4.07. The zero-order valence-electron chi connectivity index (χ0n) is 13.1. The third kappa shape index (κ3) is 2.72. The lowest BCUT2D eigenvalue weighted by Gasteiger charge is -2.35. The summed E-state index contributed by atoms with van der Waals surface area (Å²) in [6.07, 6.45) is 9.98. The minimum atomic E-state index is 0.642. The Kier molecular flexibility index (Phi) is 3.27. The molecule has 4 nitrogen and oxygen atoms in total. The van der Waals surface area contributed by atoms with Crippen molar-refractivity contribution in [2.75, 3.05) is 36.0 Å². The van der Waals surface area contributed by atoms with Gasteiger partial charge in [-0.05, 0) is 49.9 Å². The van der Waals surface area contributed by atoms with E-state index in [0.29, 0.717) is 5.41 Å². The van der Waals surface area contributed by atoms with Crippen molar-refractivity contribution in [1.82, 2.24) is 9.97 Å². The Bertz CT molecular complexity index is 511. The minimum absolute atomic E-state index is 0.642. The van der Waals surface area contributed by atoms with Gasteiger partial charge in [0.1, 0.15) is 18.0 Å². The van der Waals surface area contributed by atoms with Crippen LogP contribution in [0.25, 0.3) is 0 Å². The predicted molar refractivity (Wildman–Crippen MR) is 85.8 cm³/mol. The van der Waals surface area contributed by atoms with Gasteiger partial charge in [0.05, 0.1) is 0 Å². The first-order valence-electron chi connectivity index (χ1n) is 8.56. The summed E-state index contributed by atoms with van der Waals surface area (Å²) in [4.78, 5) is 14.0.